The van der Waals surface area contributed by atoms with Crippen LogP contribution in [0.5, 0.6) is 11.6 Å². The van der Waals surface area contributed by atoms with Gasteiger partial charge in [0.25, 0.3) is 0 Å². The third-order valence-electron chi connectivity index (χ3n) is 5.30. The van der Waals surface area contributed by atoms with Gasteiger partial charge in [-0.2, -0.15) is 0 Å². The molecule has 0 saturated carbocycles. The van der Waals surface area contributed by atoms with Crippen molar-refractivity contribution in [3.63, 3.8) is 0 Å². The number of pyridine rings is 1. The van der Waals surface area contributed by atoms with Gasteiger partial charge in [0.1, 0.15) is 24.5 Å². The molecule has 0 radical (unpaired) electrons. The lowest BCUT2D eigenvalue weighted by molar-refractivity contribution is -0.142. The molecule has 2 atom stereocenters. The molecule has 2 aliphatic rings. The van der Waals surface area contributed by atoms with Crippen molar-refractivity contribution in [2.75, 3.05) is 20.3 Å². The van der Waals surface area contributed by atoms with Crippen LogP contribution in [0.3, 0.4) is 0 Å². The fraction of sp³-hybridized carbons (Fsp3) is 0.308. The lowest BCUT2D eigenvalue weighted by Gasteiger charge is -2.19. The van der Waals surface area contributed by atoms with Gasteiger partial charge in [-0.05, 0) is 24.5 Å². The van der Waals surface area contributed by atoms with Crippen molar-refractivity contribution in [1.82, 2.24) is 10.3 Å². The minimum Gasteiger partial charge on any atom is -0.488 e. The molecule has 1 aliphatic heterocycles. The number of ether oxygens (including phenoxy) is 3. The molecular formula is C26H30N2O4. The molecule has 32 heavy (non-hydrogen) atoms. The standard InChI is InChI=1S/C26H30N2O4/c1-5-11-18(7-3)17-31-24-20-13-9-8-10-14-22(20)28-25(21(24)12-6-2)32-19-15-23(27-16-19)26(29)30-4/h5-9,11,13-14,19,23,27H,1-3,10,12,15-17H2,4H3. The van der Waals surface area contributed by atoms with Crippen LogP contribution in [-0.2, 0) is 16.0 Å². The normalized spacial score (nSPS) is 19.6. The molecule has 6 heteroatoms. The zero-order valence-corrected chi connectivity index (χ0v) is 18.5. The number of nitrogens with zero attached hydrogens (tertiary/aromatic N) is 1. The summed E-state index contributed by atoms with van der Waals surface area (Å²) in [5.41, 5.74) is 1.73. The van der Waals surface area contributed by atoms with Crippen molar-refractivity contribution in [2.45, 2.75) is 31.4 Å². The molecule has 1 fully saturated rings. The summed E-state index contributed by atoms with van der Waals surface area (Å²) in [4.78, 5) is 16.7. The van der Waals surface area contributed by atoms with Crippen LogP contribution in [0.4, 0.5) is 0 Å². The number of allylic oxidation sites excluding steroid dienone is 5. The Balaban J connectivity index is 2.01. The van der Waals surface area contributed by atoms with Gasteiger partial charge in [0.2, 0.25) is 5.88 Å². The van der Waals surface area contributed by atoms with Crippen LogP contribution in [0, 0.1) is 0 Å². The van der Waals surface area contributed by atoms with Gasteiger partial charge < -0.3 is 19.5 Å². The highest BCUT2D eigenvalue weighted by Crippen LogP contribution is 2.26. The smallest absolute Gasteiger partial charge is 0.323 e. The van der Waals surface area contributed by atoms with Gasteiger partial charge >= 0.3 is 5.97 Å². The summed E-state index contributed by atoms with van der Waals surface area (Å²) in [6, 6.07) is -0.382. The van der Waals surface area contributed by atoms with Gasteiger partial charge in [-0.15, -0.1) is 6.58 Å². The van der Waals surface area contributed by atoms with Crippen molar-refractivity contribution >= 4 is 18.1 Å². The van der Waals surface area contributed by atoms with E-state index in [9.17, 15) is 4.79 Å². The Morgan fingerprint density at radius 1 is 1.34 bits per heavy atom. The van der Waals surface area contributed by atoms with Gasteiger partial charge in [0, 0.05) is 18.2 Å². The van der Waals surface area contributed by atoms with Gasteiger partial charge in [-0.3, -0.25) is 4.79 Å². The molecule has 1 aromatic heterocycles. The summed E-state index contributed by atoms with van der Waals surface area (Å²) in [5, 5.41) is 4.85. The van der Waals surface area contributed by atoms with Gasteiger partial charge in [0.05, 0.1) is 18.0 Å². The van der Waals surface area contributed by atoms with Gasteiger partial charge in [-0.1, -0.05) is 55.7 Å². The summed E-state index contributed by atoms with van der Waals surface area (Å²) < 4.78 is 17.4. The molecule has 6 nitrogen and oxygen atoms in total. The second kappa shape index (κ2) is 11.3. The number of hydrogen-bond acceptors (Lipinski definition) is 6. The van der Waals surface area contributed by atoms with Gasteiger partial charge in [0.15, 0.2) is 0 Å². The van der Waals surface area contributed by atoms with Crippen LogP contribution < -0.4 is 25.4 Å². The quantitative estimate of drug-likeness (QED) is 0.346. The topological polar surface area (TPSA) is 69.7 Å². The second-order valence-electron chi connectivity index (χ2n) is 7.48. The molecule has 0 amide bonds. The van der Waals surface area contributed by atoms with Crippen LogP contribution in [-0.4, -0.2) is 43.4 Å². The maximum Gasteiger partial charge on any atom is 0.323 e. The Labute approximate surface area is 189 Å². The predicted octanol–water partition coefficient (Wildman–Crippen LogP) is 2.29. The first kappa shape index (κ1) is 23.3. The molecule has 3 rings (SSSR count). The largest absolute Gasteiger partial charge is 0.488 e. The number of fused-ring (bicyclic) bond motifs is 1. The second-order valence-corrected chi connectivity index (χ2v) is 7.48. The Morgan fingerprint density at radius 2 is 2.19 bits per heavy atom. The van der Waals surface area contributed by atoms with Crippen molar-refractivity contribution < 1.29 is 19.0 Å². The van der Waals surface area contributed by atoms with E-state index in [1.807, 2.05) is 24.3 Å². The Bertz CT molecular complexity index is 1070. The first-order valence-corrected chi connectivity index (χ1v) is 10.7. The fourth-order valence-electron chi connectivity index (χ4n) is 3.69. The average molecular weight is 435 g/mol. The van der Waals surface area contributed by atoms with E-state index in [-0.39, 0.29) is 18.1 Å². The summed E-state index contributed by atoms with van der Waals surface area (Å²) in [6.07, 6.45) is 16.8. The Morgan fingerprint density at radius 3 is 2.91 bits per heavy atom. The molecule has 1 saturated heterocycles. The summed E-state index contributed by atoms with van der Waals surface area (Å²) in [5.74, 6) is 0.914. The molecule has 0 spiro atoms. The van der Waals surface area contributed by atoms with Crippen LogP contribution >= 0.6 is 0 Å². The maximum absolute atomic E-state index is 11.9. The van der Waals surface area contributed by atoms with Crippen LogP contribution in [0.15, 0.2) is 61.8 Å². The number of nitrogens with one attached hydrogen (secondary N) is 1. The van der Waals surface area contributed by atoms with E-state index < -0.39 is 0 Å². The first-order valence-electron chi connectivity index (χ1n) is 10.7. The number of methoxy groups -OCH3 is 1. The Kier molecular flexibility index (Phi) is 8.22. The lowest BCUT2D eigenvalue weighted by Crippen LogP contribution is -2.33. The molecule has 0 bridgehead atoms. The van der Waals surface area contributed by atoms with E-state index in [2.05, 4.69) is 31.1 Å². The lowest BCUT2D eigenvalue weighted by atomic mass is 10.1. The summed E-state index contributed by atoms with van der Waals surface area (Å²) >= 11 is 0. The highest BCUT2D eigenvalue weighted by Gasteiger charge is 2.32. The zero-order chi connectivity index (χ0) is 22.9. The van der Waals surface area contributed by atoms with Crippen molar-refractivity contribution in [3.05, 3.63) is 77.9 Å². The fourth-order valence-corrected chi connectivity index (χ4v) is 3.69. The van der Waals surface area contributed by atoms with Crippen LogP contribution in [0.1, 0.15) is 18.4 Å². The van der Waals surface area contributed by atoms with Crippen LogP contribution in [0.25, 0.3) is 12.2 Å². The average Bonchev–Trinajstić information content (AvgIpc) is 3.14. The van der Waals surface area contributed by atoms with Gasteiger partial charge in [-0.25, -0.2) is 4.98 Å². The third kappa shape index (κ3) is 5.45. The van der Waals surface area contributed by atoms with E-state index in [4.69, 9.17) is 19.2 Å². The van der Waals surface area contributed by atoms with Crippen LogP contribution in [0.2, 0.25) is 0 Å². The molecule has 168 valence electrons. The van der Waals surface area contributed by atoms with Crippen molar-refractivity contribution in [3.8, 4) is 11.6 Å². The highest BCUT2D eigenvalue weighted by molar-refractivity contribution is 5.76. The minimum atomic E-state index is -0.382. The predicted molar refractivity (Wildman–Crippen MR) is 127 cm³/mol. The molecule has 2 heterocycles. The van der Waals surface area contributed by atoms with E-state index in [0.29, 0.717) is 37.6 Å². The molecule has 1 aromatic rings. The number of carbonyl (C=O) groups excluding carboxylic acids is 1. The summed E-state index contributed by atoms with van der Waals surface area (Å²) in [6.45, 7) is 12.4. The summed E-state index contributed by atoms with van der Waals surface area (Å²) in [7, 11) is 1.39. The monoisotopic (exact) mass is 434 g/mol. The van der Waals surface area contributed by atoms with E-state index in [1.165, 1.54) is 7.11 Å². The third-order valence-corrected chi connectivity index (χ3v) is 5.30. The zero-order valence-electron chi connectivity index (χ0n) is 18.5. The molecule has 0 aromatic carbocycles. The SMILES string of the molecule is C=CC=C(C=C)COc1c(CC=C)c(OC2CNC(C(=O)OC)C2)nc2c1=CC=CCC=2. The molecule has 1 aliphatic carbocycles. The number of hydrogen-bond donors (Lipinski definition) is 1. The van der Waals surface area contributed by atoms with E-state index in [1.54, 1.807) is 18.2 Å². The number of esters is 1. The maximum atomic E-state index is 11.9. The Hall–Kier alpha value is -3.38. The molecule has 1 N–H and O–H groups in total. The number of carbonyl (C=O) groups is 1. The number of aromatic nitrogens is 1. The van der Waals surface area contributed by atoms with E-state index in [0.717, 1.165) is 28.1 Å². The molecular weight excluding hydrogens is 404 g/mol. The molecule has 2 unspecified atom stereocenters. The van der Waals surface area contributed by atoms with E-state index >= 15 is 0 Å². The minimum absolute atomic E-state index is 0.210. The van der Waals surface area contributed by atoms with Crippen molar-refractivity contribution in [1.29, 1.82) is 0 Å². The highest BCUT2D eigenvalue weighted by atomic mass is 16.5. The number of rotatable bonds is 10. The van der Waals surface area contributed by atoms with Crippen molar-refractivity contribution in [2.24, 2.45) is 0 Å². The first-order chi connectivity index (χ1) is 15.6.